The lowest BCUT2D eigenvalue weighted by Crippen LogP contribution is -2.41. The number of benzene rings is 1. The smallest absolute Gasteiger partial charge is 0.221 e. The zero-order valence-electron chi connectivity index (χ0n) is 14.4. The average molecular weight is 337 g/mol. The first-order chi connectivity index (χ1) is 10.9. The van der Waals surface area contributed by atoms with E-state index in [0.717, 1.165) is 23.8 Å². The van der Waals surface area contributed by atoms with Gasteiger partial charge in [0.05, 0.1) is 6.54 Å². The van der Waals surface area contributed by atoms with Crippen LogP contribution in [0, 0.1) is 0 Å². The Bertz CT molecular complexity index is 491. The number of carbonyl (C=O) groups excluding carboxylic acids is 1. The van der Waals surface area contributed by atoms with Crippen LogP contribution in [-0.2, 0) is 10.2 Å². The standard InChI is InChI=1S/C18H28N2O2S/c1-18(2,3)14-4-6-16(7-5-14)22-10-8-20-17(21)12-15-13-23-11-9-19-15/h4-7,15,19H,8-13H2,1-3H3,(H,20,21). The molecule has 1 aliphatic heterocycles. The second kappa shape index (κ2) is 8.60. The SMILES string of the molecule is CC(C)(C)c1ccc(OCCNC(=O)CC2CSCCN2)cc1. The number of hydrogen-bond donors (Lipinski definition) is 2. The molecule has 1 aromatic rings. The number of amides is 1. The molecule has 4 nitrogen and oxygen atoms in total. The lowest BCUT2D eigenvalue weighted by atomic mass is 9.87. The van der Waals surface area contributed by atoms with Gasteiger partial charge in [0.25, 0.3) is 0 Å². The Balaban J connectivity index is 1.64. The highest BCUT2D eigenvalue weighted by atomic mass is 32.2. The van der Waals surface area contributed by atoms with E-state index in [0.29, 0.717) is 25.6 Å². The molecule has 1 aliphatic rings. The van der Waals surface area contributed by atoms with Gasteiger partial charge >= 0.3 is 0 Å². The van der Waals surface area contributed by atoms with Crippen LogP contribution in [-0.4, -0.2) is 43.2 Å². The minimum absolute atomic E-state index is 0.0941. The molecule has 0 spiro atoms. The van der Waals surface area contributed by atoms with Crippen LogP contribution >= 0.6 is 11.8 Å². The van der Waals surface area contributed by atoms with E-state index in [1.165, 1.54) is 5.56 Å². The van der Waals surface area contributed by atoms with Crippen molar-refractivity contribution < 1.29 is 9.53 Å². The highest BCUT2D eigenvalue weighted by Gasteiger charge is 2.16. The monoisotopic (exact) mass is 336 g/mol. The third-order valence-corrected chi connectivity index (χ3v) is 4.97. The maximum absolute atomic E-state index is 11.9. The number of carbonyl (C=O) groups is 1. The van der Waals surface area contributed by atoms with Crippen molar-refractivity contribution in [3.8, 4) is 5.75 Å². The molecule has 0 aliphatic carbocycles. The predicted molar refractivity (Wildman–Crippen MR) is 97.4 cm³/mol. The summed E-state index contributed by atoms with van der Waals surface area (Å²) in [7, 11) is 0. The fourth-order valence-corrected chi connectivity index (χ4v) is 3.41. The number of rotatable bonds is 6. The molecule has 1 amide bonds. The normalized spacial score (nSPS) is 18.5. The predicted octanol–water partition coefficient (Wildman–Crippen LogP) is 2.57. The number of hydrogen-bond acceptors (Lipinski definition) is 4. The molecule has 0 radical (unpaired) electrons. The minimum atomic E-state index is 0.0941. The largest absolute Gasteiger partial charge is 0.492 e. The average Bonchev–Trinajstić information content (AvgIpc) is 2.52. The van der Waals surface area contributed by atoms with Crippen molar-refractivity contribution in [2.75, 3.05) is 31.2 Å². The second-order valence-electron chi connectivity index (χ2n) is 6.90. The minimum Gasteiger partial charge on any atom is -0.492 e. The molecule has 0 aromatic heterocycles. The van der Waals surface area contributed by atoms with Crippen LogP contribution in [0.25, 0.3) is 0 Å². The molecule has 0 bridgehead atoms. The summed E-state index contributed by atoms with van der Waals surface area (Å²) >= 11 is 1.91. The molecule has 1 aromatic carbocycles. The van der Waals surface area contributed by atoms with Gasteiger partial charge in [0.1, 0.15) is 12.4 Å². The van der Waals surface area contributed by atoms with Crippen LogP contribution in [0.3, 0.4) is 0 Å². The molecule has 1 saturated heterocycles. The third-order valence-electron chi connectivity index (χ3n) is 3.84. The van der Waals surface area contributed by atoms with E-state index >= 15 is 0 Å². The van der Waals surface area contributed by atoms with Gasteiger partial charge in [-0.2, -0.15) is 11.8 Å². The molecule has 2 rings (SSSR count). The number of thioether (sulfide) groups is 1. The van der Waals surface area contributed by atoms with E-state index in [2.05, 4.69) is 43.5 Å². The first-order valence-electron chi connectivity index (χ1n) is 8.26. The Hall–Kier alpha value is -1.20. The summed E-state index contributed by atoms with van der Waals surface area (Å²) in [4.78, 5) is 11.9. The fourth-order valence-electron chi connectivity index (χ4n) is 2.46. The van der Waals surface area contributed by atoms with Gasteiger partial charge in [-0.25, -0.2) is 0 Å². The van der Waals surface area contributed by atoms with Gasteiger partial charge < -0.3 is 15.4 Å². The highest BCUT2D eigenvalue weighted by Crippen LogP contribution is 2.24. The molecule has 2 N–H and O–H groups in total. The second-order valence-corrected chi connectivity index (χ2v) is 8.05. The number of ether oxygens (including phenoxy) is 1. The summed E-state index contributed by atoms with van der Waals surface area (Å²) in [5, 5.41) is 6.29. The lowest BCUT2D eigenvalue weighted by Gasteiger charge is -2.22. The van der Waals surface area contributed by atoms with E-state index in [4.69, 9.17) is 4.74 Å². The maximum Gasteiger partial charge on any atom is 0.221 e. The van der Waals surface area contributed by atoms with Gasteiger partial charge in [0, 0.05) is 30.5 Å². The van der Waals surface area contributed by atoms with Gasteiger partial charge in [-0.15, -0.1) is 0 Å². The van der Waals surface area contributed by atoms with E-state index in [1.54, 1.807) is 0 Å². The molecule has 1 heterocycles. The molecule has 128 valence electrons. The van der Waals surface area contributed by atoms with Crippen molar-refractivity contribution in [3.63, 3.8) is 0 Å². The van der Waals surface area contributed by atoms with E-state index in [-0.39, 0.29) is 11.3 Å². The molecule has 0 saturated carbocycles. The molecule has 1 unspecified atom stereocenters. The van der Waals surface area contributed by atoms with Crippen LogP contribution in [0.2, 0.25) is 0 Å². The first kappa shape index (κ1) is 18.1. The Morgan fingerprint density at radius 1 is 1.35 bits per heavy atom. The van der Waals surface area contributed by atoms with Crippen LogP contribution in [0.4, 0.5) is 0 Å². The van der Waals surface area contributed by atoms with Crippen molar-refractivity contribution in [3.05, 3.63) is 29.8 Å². The summed E-state index contributed by atoms with van der Waals surface area (Å²) in [5.74, 6) is 3.10. The van der Waals surface area contributed by atoms with Gasteiger partial charge in [0.2, 0.25) is 5.91 Å². The molecule has 5 heteroatoms. The molecule has 1 atom stereocenters. The maximum atomic E-state index is 11.9. The first-order valence-corrected chi connectivity index (χ1v) is 9.42. The van der Waals surface area contributed by atoms with Crippen LogP contribution in [0.15, 0.2) is 24.3 Å². The van der Waals surface area contributed by atoms with Crippen LogP contribution in [0.5, 0.6) is 5.75 Å². The van der Waals surface area contributed by atoms with E-state index in [1.807, 2.05) is 23.9 Å². The quantitative estimate of drug-likeness (QED) is 0.784. The topological polar surface area (TPSA) is 50.4 Å². The number of nitrogens with one attached hydrogen (secondary N) is 2. The van der Waals surface area contributed by atoms with Gasteiger partial charge in [0.15, 0.2) is 0 Å². The summed E-state index contributed by atoms with van der Waals surface area (Å²) in [6.07, 6.45) is 0.549. The summed E-state index contributed by atoms with van der Waals surface area (Å²) in [6, 6.07) is 8.48. The van der Waals surface area contributed by atoms with Crippen molar-refractivity contribution >= 4 is 17.7 Å². The van der Waals surface area contributed by atoms with Gasteiger partial charge in [-0.1, -0.05) is 32.9 Å². The van der Waals surface area contributed by atoms with Crippen molar-refractivity contribution in [2.45, 2.75) is 38.6 Å². The van der Waals surface area contributed by atoms with Crippen molar-refractivity contribution in [1.29, 1.82) is 0 Å². The molecular weight excluding hydrogens is 308 g/mol. The third kappa shape index (κ3) is 6.43. The van der Waals surface area contributed by atoms with Gasteiger partial charge in [-0.3, -0.25) is 4.79 Å². The molecular formula is C18H28N2O2S. The molecule has 1 fully saturated rings. The fraction of sp³-hybridized carbons (Fsp3) is 0.611. The lowest BCUT2D eigenvalue weighted by molar-refractivity contribution is -0.121. The van der Waals surface area contributed by atoms with Crippen LogP contribution in [0.1, 0.15) is 32.8 Å². The van der Waals surface area contributed by atoms with E-state index < -0.39 is 0 Å². The zero-order chi connectivity index (χ0) is 16.7. The summed E-state index contributed by atoms with van der Waals surface area (Å²) < 4.78 is 5.68. The summed E-state index contributed by atoms with van der Waals surface area (Å²) in [5.41, 5.74) is 1.44. The zero-order valence-corrected chi connectivity index (χ0v) is 15.2. The Kier molecular flexibility index (Phi) is 6.78. The Labute approximate surface area is 143 Å². The van der Waals surface area contributed by atoms with Crippen molar-refractivity contribution in [1.82, 2.24) is 10.6 Å². The Morgan fingerprint density at radius 2 is 2.09 bits per heavy atom. The van der Waals surface area contributed by atoms with Gasteiger partial charge in [-0.05, 0) is 23.1 Å². The molecule has 23 heavy (non-hydrogen) atoms. The van der Waals surface area contributed by atoms with Crippen molar-refractivity contribution in [2.24, 2.45) is 0 Å². The highest BCUT2D eigenvalue weighted by molar-refractivity contribution is 7.99. The van der Waals surface area contributed by atoms with Crippen LogP contribution < -0.4 is 15.4 Å². The Morgan fingerprint density at radius 3 is 2.70 bits per heavy atom. The summed E-state index contributed by atoms with van der Waals surface area (Å²) in [6.45, 7) is 8.61. The van der Waals surface area contributed by atoms with E-state index in [9.17, 15) is 4.79 Å².